The van der Waals surface area contributed by atoms with Gasteiger partial charge in [-0.3, -0.25) is 9.59 Å². The average Bonchev–Trinajstić information content (AvgIpc) is 2.01. The molecule has 3 heteroatoms. The molecule has 0 heterocycles. The SMILES string of the molecule is CC(=O)CC(=O)NC1CCCC(C)C1. The molecular weight excluding hydrogens is 178 g/mol. The van der Waals surface area contributed by atoms with Crippen molar-refractivity contribution in [3.8, 4) is 0 Å². The summed E-state index contributed by atoms with van der Waals surface area (Å²) in [6, 6.07) is 0.297. The molecule has 1 aliphatic carbocycles. The molecule has 0 aromatic rings. The monoisotopic (exact) mass is 197 g/mol. The molecule has 1 amide bonds. The predicted molar refractivity (Wildman–Crippen MR) is 54.9 cm³/mol. The number of carbonyl (C=O) groups excluding carboxylic acids is 2. The first-order valence-corrected chi connectivity index (χ1v) is 5.36. The molecule has 0 bridgehead atoms. The number of hydrogen-bond acceptors (Lipinski definition) is 2. The van der Waals surface area contributed by atoms with Crippen molar-refractivity contribution in [2.24, 2.45) is 5.92 Å². The average molecular weight is 197 g/mol. The molecule has 0 radical (unpaired) electrons. The van der Waals surface area contributed by atoms with E-state index in [1.165, 1.54) is 19.8 Å². The summed E-state index contributed by atoms with van der Waals surface area (Å²) >= 11 is 0. The van der Waals surface area contributed by atoms with Gasteiger partial charge in [0.25, 0.3) is 0 Å². The summed E-state index contributed by atoms with van der Waals surface area (Å²) in [6.45, 7) is 3.66. The van der Waals surface area contributed by atoms with Crippen molar-refractivity contribution >= 4 is 11.7 Å². The van der Waals surface area contributed by atoms with Gasteiger partial charge in [-0.05, 0) is 25.7 Å². The number of rotatable bonds is 3. The van der Waals surface area contributed by atoms with E-state index in [9.17, 15) is 9.59 Å². The third kappa shape index (κ3) is 3.90. The minimum atomic E-state index is -0.114. The number of Topliss-reactive ketones (excluding diaryl/α,β-unsaturated/α-hetero) is 1. The van der Waals surface area contributed by atoms with Crippen molar-refractivity contribution in [3.63, 3.8) is 0 Å². The Kier molecular flexibility index (Phi) is 4.11. The van der Waals surface area contributed by atoms with Gasteiger partial charge in [-0.15, -0.1) is 0 Å². The molecule has 80 valence electrons. The van der Waals surface area contributed by atoms with E-state index < -0.39 is 0 Å². The van der Waals surface area contributed by atoms with Gasteiger partial charge >= 0.3 is 0 Å². The second-order valence-corrected chi connectivity index (χ2v) is 4.42. The number of amides is 1. The van der Waals surface area contributed by atoms with Crippen molar-refractivity contribution in [1.82, 2.24) is 5.32 Å². The van der Waals surface area contributed by atoms with Crippen LogP contribution in [0, 0.1) is 5.92 Å². The van der Waals surface area contributed by atoms with Gasteiger partial charge < -0.3 is 5.32 Å². The quantitative estimate of drug-likeness (QED) is 0.699. The Hall–Kier alpha value is -0.860. The molecule has 1 saturated carbocycles. The van der Waals surface area contributed by atoms with Crippen molar-refractivity contribution < 1.29 is 9.59 Å². The number of carbonyl (C=O) groups is 2. The smallest absolute Gasteiger partial charge is 0.227 e. The van der Waals surface area contributed by atoms with Gasteiger partial charge in [0.2, 0.25) is 5.91 Å². The highest BCUT2D eigenvalue weighted by atomic mass is 16.2. The Morgan fingerprint density at radius 2 is 2.07 bits per heavy atom. The minimum absolute atomic E-state index is 0.0326. The van der Waals surface area contributed by atoms with Crippen LogP contribution in [0.5, 0.6) is 0 Å². The lowest BCUT2D eigenvalue weighted by molar-refractivity contribution is -0.127. The molecule has 0 saturated heterocycles. The molecule has 2 atom stereocenters. The van der Waals surface area contributed by atoms with Gasteiger partial charge in [0.05, 0.1) is 6.42 Å². The normalized spacial score (nSPS) is 27.0. The Balaban J connectivity index is 2.28. The van der Waals surface area contributed by atoms with E-state index >= 15 is 0 Å². The second kappa shape index (κ2) is 5.13. The summed E-state index contributed by atoms with van der Waals surface area (Å²) in [4.78, 5) is 22.0. The van der Waals surface area contributed by atoms with Crippen LogP contribution in [-0.4, -0.2) is 17.7 Å². The molecule has 3 nitrogen and oxygen atoms in total. The van der Waals surface area contributed by atoms with Crippen LogP contribution in [0.3, 0.4) is 0 Å². The molecule has 0 aromatic heterocycles. The van der Waals surface area contributed by atoms with Gasteiger partial charge in [0.1, 0.15) is 5.78 Å². The maximum absolute atomic E-state index is 11.3. The lowest BCUT2D eigenvalue weighted by Gasteiger charge is -2.27. The first-order chi connectivity index (χ1) is 6.58. The number of hydrogen-bond donors (Lipinski definition) is 1. The topological polar surface area (TPSA) is 46.2 Å². The standard InChI is InChI=1S/C11H19NO2/c1-8-4-3-5-10(6-8)12-11(14)7-9(2)13/h8,10H,3-7H2,1-2H3,(H,12,14). The second-order valence-electron chi connectivity index (χ2n) is 4.42. The molecule has 1 N–H and O–H groups in total. The molecule has 0 spiro atoms. The molecule has 0 aromatic carbocycles. The van der Waals surface area contributed by atoms with Gasteiger partial charge in [-0.25, -0.2) is 0 Å². The van der Waals surface area contributed by atoms with Crippen LogP contribution in [0.25, 0.3) is 0 Å². The fourth-order valence-electron chi connectivity index (χ4n) is 2.07. The van der Waals surface area contributed by atoms with Crippen molar-refractivity contribution in [3.05, 3.63) is 0 Å². The molecule has 1 rings (SSSR count). The van der Waals surface area contributed by atoms with Crippen LogP contribution >= 0.6 is 0 Å². The first kappa shape index (κ1) is 11.2. The maximum atomic E-state index is 11.3. The lowest BCUT2D eigenvalue weighted by Crippen LogP contribution is -2.38. The van der Waals surface area contributed by atoms with Crippen LogP contribution in [0.4, 0.5) is 0 Å². The largest absolute Gasteiger partial charge is 0.353 e. The van der Waals surface area contributed by atoms with E-state index in [2.05, 4.69) is 12.2 Å². The summed E-state index contributed by atoms with van der Waals surface area (Å²) in [5.74, 6) is 0.523. The van der Waals surface area contributed by atoms with Gasteiger partial charge in [-0.1, -0.05) is 19.8 Å². The highest BCUT2D eigenvalue weighted by Gasteiger charge is 2.20. The van der Waals surface area contributed by atoms with Crippen LogP contribution in [0.1, 0.15) is 46.0 Å². The zero-order valence-corrected chi connectivity index (χ0v) is 9.01. The molecule has 0 aliphatic heterocycles. The Morgan fingerprint density at radius 3 is 2.64 bits per heavy atom. The molecule has 2 unspecified atom stereocenters. The third-order valence-corrected chi connectivity index (χ3v) is 2.71. The zero-order valence-electron chi connectivity index (χ0n) is 9.01. The summed E-state index contributed by atoms with van der Waals surface area (Å²) in [6.07, 6.45) is 4.60. The van der Waals surface area contributed by atoms with E-state index in [1.807, 2.05) is 0 Å². The van der Waals surface area contributed by atoms with Crippen LogP contribution in [0.2, 0.25) is 0 Å². The summed E-state index contributed by atoms with van der Waals surface area (Å²) in [5.41, 5.74) is 0. The Morgan fingerprint density at radius 1 is 1.36 bits per heavy atom. The summed E-state index contributed by atoms with van der Waals surface area (Å²) < 4.78 is 0. The Bertz CT molecular complexity index is 225. The van der Waals surface area contributed by atoms with Crippen molar-refractivity contribution in [2.45, 2.75) is 52.0 Å². The molecule has 1 aliphatic rings. The minimum Gasteiger partial charge on any atom is -0.353 e. The molecule has 1 fully saturated rings. The van der Waals surface area contributed by atoms with Crippen molar-refractivity contribution in [2.75, 3.05) is 0 Å². The Labute approximate surface area is 85.3 Å². The molecule has 14 heavy (non-hydrogen) atoms. The van der Waals surface area contributed by atoms with E-state index in [1.54, 1.807) is 0 Å². The summed E-state index contributed by atoms with van der Waals surface area (Å²) in [5, 5.41) is 2.92. The third-order valence-electron chi connectivity index (χ3n) is 2.71. The number of ketones is 1. The van der Waals surface area contributed by atoms with E-state index in [0.717, 1.165) is 12.8 Å². The fraction of sp³-hybridized carbons (Fsp3) is 0.818. The highest BCUT2D eigenvalue weighted by Crippen LogP contribution is 2.23. The highest BCUT2D eigenvalue weighted by molar-refractivity contribution is 5.96. The van der Waals surface area contributed by atoms with E-state index in [0.29, 0.717) is 12.0 Å². The number of nitrogens with one attached hydrogen (secondary N) is 1. The lowest BCUT2D eigenvalue weighted by atomic mass is 9.87. The van der Waals surface area contributed by atoms with E-state index in [4.69, 9.17) is 0 Å². The van der Waals surface area contributed by atoms with Crippen LogP contribution < -0.4 is 5.32 Å². The zero-order chi connectivity index (χ0) is 10.6. The van der Waals surface area contributed by atoms with Gasteiger partial charge in [-0.2, -0.15) is 0 Å². The van der Waals surface area contributed by atoms with E-state index in [-0.39, 0.29) is 18.1 Å². The fourth-order valence-corrected chi connectivity index (χ4v) is 2.07. The van der Waals surface area contributed by atoms with Crippen LogP contribution in [-0.2, 0) is 9.59 Å². The summed E-state index contributed by atoms with van der Waals surface area (Å²) in [7, 11) is 0. The maximum Gasteiger partial charge on any atom is 0.227 e. The first-order valence-electron chi connectivity index (χ1n) is 5.36. The predicted octanol–water partition coefficient (Wildman–Crippen LogP) is 1.66. The molecular formula is C11H19NO2. The van der Waals surface area contributed by atoms with Gasteiger partial charge in [0, 0.05) is 6.04 Å². The van der Waals surface area contributed by atoms with Gasteiger partial charge in [0.15, 0.2) is 0 Å². The van der Waals surface area contributed by atoms with Crippen molar-refractivity contribution in [1.29, 1.82) is 0 Å². The van der Waals surface area contributed by atoms with Crippen LogP contribution in [0.15, 0.2) is 0 Å².